The van der Waals surface area contributed by atoms with Gasteiger partial charge in [-0.05, 0) is 86.0 Å². The summed E-state index contributed by atoms with van der Waals surface area (Å²) in [6.45, 7) is 8.54. The Hall–Kier alpha value is -2.76. The van der Waals surface area contributed by atoms with E-state index in [-0.39, 0.29) is 17.7 Å². The summed E-state index contributed by atoms with van der Waals surface area (Å²) >= 11 is 6.92. The molecule has 1 aromatic heterocycles. The van der Waals surface area contributed by atoms with Crippen LogP contribution >= 0.6 is 23.4 Å². The molecule has 1 saturated heterocycles. The zero-order valence-electron chi connectivity index (χ0n) is 17.9. The second-order valence-corrected chi connectivity index (χ2v) is 9.23. The van der Waals surface area contributed by atoms with Crippen LogP contribution < -0.4 is 0 Å². The smallest absolute Gasteiger partial charge is 0.293 e. The zero-order chi connectivity index (χ0) is 22.3. The van der Waals surface area contributed by atoms with Crippen molar-refractivity contribution < 1.29 is 9.59 Å². The largest absolute Gasteiger partial charge is 0.317 e. The van der Waals surface area contributed by atoms with Crippen LogP contribution in [-0.4, -0.2) is 20.6 Å². The van der Waals surface area contributed by atoms with Crippen molar-refractivity contribution in [3.8, 4) is 5.69 Å². The summed E-state index contributed by atoms with van der Waals surface area (Å²) in [6, 6.07) is 15.5. The molecule has 0 unspecified atom stereocenters. The average Bonchev–Trinajstić information content (AvgIpc) is 3.14. The number of hydrogen-bond donors (Lipinski definition) is 0. The standard InChI is InChI=1S/C25H23ClN2O2S/c1-15-6-5-7-16(2)23(15)28-17(3)12-20(18(28)4)13-22-24(29)27(25(30)31-22)14-19-8-10-21(26)11-9-19/h5-13H,14H2,1-4H3/b22-13+. The highest BCUT2D eigenvalue weighted by Crippen LogP contribution is 2.35. The number of thioether (sulfide) groups is 1. The molecule has 31 heavy (non-hydrogen) atoms. The summed E-state index contributed by atoms with van der Waals surface area (Å²) in [5, 5.41) is 0.367. The van der Waals surface area contributed by atoms with Crippen molar-refractivity contribution >= 4 is 40.6 Å². The molecule has 3 aromatic rings. The van der Waals surface area contributed by atoms with Crippen LogP contribution in [0.4, 0.5) is 4.79 Å². The van der Waals surface area contributed by atoms with Crippen LogP contribution in [-0.2, 0) is 11.3 Å². The fourth-order valence-corrected chi connectivity index (χ4v) is 4.94. The van der Waals surface area contributed by atoms with Crippen molar-refractivity contribution in [2.75, 3.05) is 0 Å². The van der Waals surface area contributed by atoms with Gasteiger partial charge in [-0.1, -0.05) is 41.9 Å². The third-order valence-corrected chi connectivity index (χ3v) is 6.71. The van der Waals surface area contributed by atoms with Crippen molar-refractivity contribution in [3.05, 3.63) is 92.1 Å². The quantitative estimate of drug-likeness (QED) is 0.420. The van der Waals surface area contributed by atoms with E-state index in [0.29, 0.717) is 9.93 Å². The van der Waals surface area contributed by atoms with E-state index in [1.165, 1.54) is 16.0 Å². The molecular formula is C25H23ClN2O2S. The fourth-order valence-electron chi connectivity index (χ4n) is 3.99. The second-order valence-electron chi connectivity index (χ2n) is 7.80. The Morgan fingerprint density at radius 1 is 0.968 bits per heavy atom. The van der Waals surface area contributed by atoms with E-state index in [0.717, 1.165) is 40.0 Å². The lowest BCUT2D eigenvalue weighted by atomic mass is 10.1. The van der Waals surface area contributed by atoms with E-state index >= 15 is 0 Å². The van der Waals surface area contributed by atoms with Crippen LogP contribution in [0.5, 0.6) is 0 Å². The van der Waals surface area contributed by atoms with Gasteiger partial charge < -0.3 is 4.57 Å². The Labute approximate surface area is 191 Å². The molecule has 0 bridgehead atoms. The van der Waals surface area contributed by atoms with Crippen molar-refractivity contribution in [2.24, 2.45) is 0 Å². The predicted octanol–water partition coefficient (Wildman–Crippen LogP) is 6.60. The highest BCUT2D eigenvalue weighted by molar-refractivity contribution is 8.18. The maximum Gasteiger partial charge on any atom is 0.293 e. The van der Waals surface area contributed by atoms with Crippen LogP contribution in [0.25, 0.3) is 11.8 Å². The second kappa shape index (κ2) is 8.40. The molecule has 2 amide bonds. The van der Waals surface area contributed by atoms with Gasteiger partial charge >= 0.3 is 0 Å². The summed E-state index contributed by atoms with van der Waals surface area (Å²) < 4.78 is 2.22. The third-order valence-electron chi connectivity index (χ3n) is 5.55. The Balaban J connectivity index is 1.66. The molecule has 6 heteroatoms. The van der Waals surface area contributed by atoms with Gasteiger partial charge in [0.15, 0.2) is 0 Å². The fraction of sp³-hybridized carbons (Fsp3) is 0.200. The molecule has 0 aliphatic carbocycles. The number of imide groups is 1. The molecule has 4 nitrogen and oxygen atoms in total. The van der Waals surface area contributed by atoms with Gasteiger partial charge in [0.1, 0.15) is 0 Å². The molecule has 4 rings (SSSR count). The number of nitrogens with zero attached hydrogens (tertiary/aromatic N) is 2. The molecule has 0 spiro atoms. The molecule has 1 aliphatic rings. The van der Waals surface area contributed by atoms with Gasteiger partial charge in [-0.25, -0.2) is 0 Å². The van der Waals surface area contributed by atoms with Crippen LogP contribution in [0.1, 0.15) is 33.6 Å². The first-order chi connectivity index (χ1) is 14.8. The van der Waals surface area contributed by atoms with E-state index in [9.17, 15) is 9.59 Å². The Kier molecular flexibility index (Phi) is 5.82. The first-order valence-corrected chi connectivity index (χ1v) is 11.2. The normalized spacial score (nSPS) is 15.4. The number of carbonyl (C=O) groups is 2. The molecule has 2 heterocycles. The lowest BCUT2D eigenvalue weighted by Gasteiger charge is -2.15. The Bertz CT molecular complexity index is 1200. The number of rotatable bonds is 4. The summed E-state index contributed by atoms with van der Waals surface area (Å²) in [7, 11) is 0. The average molecular weight is 451 g/mol. The number of amides is 2. The van der Waals surface area contributed by atoms with Gasteiger partial charge in [0.05, 0.1) is 17.1 Å². The summed E-state index contributed by atoms with van der Waals surface area (Å²) in [5.41, 5.74) is 7.47. The number of benzene rings is 2. The summed E-state index contributed by atoms with van der Waals surface area (Å²) in [4.78, 5) is 27.2. The van der Waals surface area contributed by atoms with Crippen molar-refractivity contribution in [1.29, 1.82) is 0 Å². The molecule has 0 N–H and O–H groups in total. The van der Waals surface area contributed by atoms with Gasteiger partial charge in [-0.3, -0.25) is 14.5 Å². The van der Waals surface area contributed by atoms with E-state index in [1.54, 1.807) is 12.1 Å². The summed E-state index contributed by atoms with van der Waals surface area (Å²) in [5.74, 6) is -0.262. The van der Waals surface area contributed by atoms with Gasteiger partial charge in [0, 0.05) is 16.4 Å². The highest BCUT2D eigenvalue weighted by Gasteiger charge is 2.35. The minimum Gasteiger partial charge on any atom is -0.317 e. The first-order valence-electron chi connectivity index (χ1n) is 10.0. The van der Waals surface area contributed by atoms with Crippen LogP contribution in [0, 0.1) is 27.7 Å². The number of carbonyl (C=O) groups excluding carboxylic acids is 2. The van der Waals surface area contributed by atoms with Crippen LogP contribution in [0.3, 0.4) is 0 Å². The van der Waals surface area contributed by atoms with E-state index in [4.69, 9.17) is 11.6 Å². The molecule has 1 fully saturated rings. The minimum absolute atomic E-state index is 0.237. The zero-order valence-corrected chi connectivity index (χ0v) is 19.5. The van der Waals surface area contributed by atoms with Crippen molar-refractivity contribution in [3.63, 3.8) is 0 Å². The molecule has 0 saturated carbocycles. The van der Waals surface area contributed by atoms with E-state index in [2.05, 4.69) is 49.6 Å². The highest BCUT2D eigenvalue weighted by atomic mass is 35.5. The lowest BCUT2D eigenvalue weighted by Crippen LogP contribution is -2.27. The number of hydrogen-bond acceptors (Lipinski definition) is 3. The molecule has 1 aliphatic heterocycles. The number of aryl methyl sites for hydroxylation is 3. The Morgan fingerprint density at radius 2 is 1.61 bits per heavy atom. The van der Waals surface area contributed by atoms with Gasteiger partial charge in [0.2, 0.25) is 0 Å². The van der Waals surface area contributed by atoms with Gasteiger partial charge in [0.25, 0.3) is 11.1 Å². The van der Waals surface area contributed by atoms with Crippen LogP contribution in [0.2, 0.25) is 5.02 Å². The maximum atomic E-state index is 13.0. The number of para-hydroxylation sites is 1. The van der Waals surface area contributed by atoms with E-state index in [1.807, 2.05) is 25.1 Å². The molecule has 0 radical (unpaired) electrons. The number of aromatic nitrogens is 1. The maximum absolute atomic E-state index is 13.0. The third kappa shape index (κ3) is 4.08. The molecule has 158 valence electrons. The van der Waals surface area contributed by atoms with E-state index < -0.39 is 0 Å². The monoisotopic (exact) mass is 450 g/mol. The molecular weight excluding hydrogens is 428 g/mol. The van der Waals surface area contributed by atoms with Gasteiger partial charge in [-0.2, -0.15) is 0 Å². The van der Waals surface area contributed by atoms with Crippen molar-refractivity contribution in [2.45, 2.75) is 34.2 Å². The predicted molar refractivity (Wildman–Crippen MR) is 128 cm³/mol. The first kappa shape index (κ1) is 21.5. The summed E-state index contributed by atoms with van der Waals surface area (Å²) in [6.07, 6.45) is 1.83. The van der Waals surface area contributed by atoms with Crippen LogP contribution in [0.15, 0.2) is 53.4 Å². The van der Waals surface area contributed by atoms with Gasteiger partial charge in [-0.15, -0.1) is 0 Å². The molecule has 0 atom stereocenters. The topological polar surface area (TPSA) is 42.3 Å². The lowest BCUT2D eigenvalue weighted by molar-refractivity contribution is -0.123. The number of halogens is 1. The Morgan fingerprint density at radius 3 is 2.26 bits per heavy atom. The van der Waals surface area contributed by atoms with Crippen molar-refractivity contribution in [1.82, 2.24) is 9.47 Å². The minimum atomic E-state index is -0.262. The SMILES string of the molecule is Cc1cccc(C)c1-n1c(C)cc(/C=C2/SC(=O)N(Cc3ccc(Cl)cc3)C2=O)c1C. The molecule has 2 aromatic carbocycles.